The van der Waals surface area contributed by atoms with Crippen molar-refractivity contribution in [3.63, 3.8) is 0 Å². The normalized spacial score (nSPS) is 15.9. The molecule has 1 heterocycles. The van der Waals surface area contributed by atoms with Crippen LogP contribution in [0.2, 0.25) is 0 Å². The van der Waals surface area contributed by atoms with E-state index in [0.717, 1.165) is 13.0 Å². The summed E-state index contributed by atoms with van der Waals surface area (Å²) in [5.41, 5.74) is 0.237. The predicted molar refractivity (Wildman–Crippen MR) is 82.3 cm³/mol. The molecule has 104 valence electrons. The van der Waals surface area contributed by atoms with Gasteiger partial charge in [0.2, 0.25) is 0 Å². The fourth-order valence-corrected chi connectivity index (χ4v) is 2.64. The Morgan fingerprint density at radius 3 is 2.56 bits per heavy atom. The fourth-order valence-electron chi connectivity index (χ4n) is 1.80. The third-order valence-electron chi connectivity index (χ3n) is 4.02. The van der Waals surface area contributed by atoms with Crippen LogP contribution in [0, 0.1) is 0 Å². The summed E-state index contributed by atoms with van der Waals surface area (Å²) in [6.45, 7) is 12.4. The Hall–Kier alpha value is -0.380. The van der Waals surface area contributed by atoms with Gasteiger partial charge in [0, 0.05) is 29.0 Å². The van der Waals surface area contributed by atoms with E-state index in [-0.39, 0.29) is 5.54 Å². The summed E-state index contributed by atoms with van der Waals surface area (Å²) in [6, 6.07) is 5.38. The fraction of sp³-hybridized carbons (Fsp3) is 0.733. The van der Waals surface area contributed by atoms with Crippen LogP contribution in [0.5, 0.6) is 0 Å². The lowest BCUT2D eigenvalue weighted by Gasteiger charge is -2.33. The number of nitrogens with one attached hydrogen (secondary N) is 1. The van der Waals surface area contributed by atoms with E-state index in [1.54, 1.807) is 0 Å². The van der Waals surface area contributed by atoms with Crippen molar-refractivity contribution in [2.24, 2.45) is 0 Å². The summed E-state index contributed by atoms with van der Waals surface area (Å²) in [5, 5.41) is 5.81. The van der Waals surface area contributed by atoms with Gasteiger partial charge in [0.15, 0.2) is 0 Å². The zero-order valence-electron chi connectivity index (χ0n) is 12.7. The summed E-state index contributed by atoms with van der Waals surface area (Å²) in [5.74, 6) is 0. The molecule has 0 amide bonds. The Labute approximate surface area is 116 Å². The maximum Gasteiger partial charge on any atom is 0.0413 e. The molecular weight excluding hydrogens is 240 g/mol. The molecule has 0 aliphatic rings. The van der Waals surface area contributed by atoms with Gasteiger partial charge in [-0.15, -0.1) is 11.3 Å². The van der Waals surface area contributed by atoms with Gasteiger partial charge in [-0.1, -0.05) is 13.0 Å². The minimum Gasteiger partial charge on any atom is -0.310 e. The highest BCUT2D eigenvalue weighted by Crippen LogP contribution is 2.24. The maximum atomic E-state index is 3.65. The second-order valence-electron chi connectivity index (χ2n) is 5.82. The molecule has 0 fully saturated rings. The molecule has 0 radical (unpaired) electrons. The first kappa shape index (κ1) is 15.7. The minimum absolute atomic E-state index is 0.237. The van der Waals surface area contributed by atoms with Crippen molar-refractivity contribution in [2.75, 3.05) is 13.6 Å². The Morgan fingerprint density at radius 1 is 1.39 bits per heavy atom. The quantitative estimate of drug-likeness (QED) is 0.806. The van der Waals surface area contributed by atoms with Crippen LogP contribution >= 0.6 is 11.3 Å². The van der Waals surface area contributed by atoms with Crippen molar-refractivity contribution in [1.82, 2.24) is 10.2 Å². The van der Waals surface area contributed by atoms with Crippen LogP contribution in [-0.2, 0) is 0 Å². The Kier molecular flexibility index (Phi) is 5.83. The molecule has 1 rings (SSSR count). The van der Waals surface area contributed by atoms with Crippen molar-refractivity contribution < 1.29 is 0 Å². The van der Waals surface area contributed by atoms with Gasteiger partial charge in [-0.3, -0.25) is 4.90 Å². The average molecular weight is 268 g/mol. The highest BCUT2D eigenvalue weighted by atomic mass is 32.1. The molecule has 0 aliphatic heterocycles. The van der Waals surface area contributed by atoms with Gasteiger partial charge >= 0.3 is 0 Å². The third-order valence-corrected chi connectivity index (χ3v) is 5.06. The Bertz CT molecular complexity index is 332. The molecule has 1 N–H and O–H groups in total. The number of nitrogens with zero attached hydrogens (tertiary/aromatic N) is 1. The molecule has 2 nitrogen and oxygen atoms in total. The van der Waals surface area contributed by atoms with Gasteiger partial charge in [0.05, 0.1) is 0 Å². The molecule has 0 saturated carbocycles. The summed E-state index contributed by atoms with van der Waals surface area (Å²) < 4.78 is 0. The van der Waals surface area contributed by atoms with Gasteiger partial charge in [0.1, 0.15) is 0 Å². The first-order valence-electron chi connectivity index (χ1n) is 6.87. The van der Waals surface area contributed by atoms with Crippen LogP contribution in [0.15, 0.2) is 17.5 Å². The molecule has 0 spiro atoms. The van der Waals surface area contributed by atoms with E-state index in [9.17, 15) is 0 Å². The van der Waals surface area contributed by atoms with E-state index in [2.05, 4.69) is 69.4 Å². The van der Waals surface area contributed by atoms with E-state index < -0.39 is 0 Å². The minimum atomic E-state index is 0.237. The van der Waals surface area contributed by atoms with Crippen molar-refractivity contribution >= 4 is 11.3 Å². The largest absolute Gasteiger partial charge is 0.310 e. The third kappa shape index (κ3) is 4.38. The molecule has 1 aromatic heterocycles. The van der Waals surface area contributed by atoms with Crippen LogP contribution in [0.25, 0.3) is 0 Å². The lowest BCUT2D eigenvalue weighted by molar-refractivity contribution is 0.183. The topological polar surface area (TPSA) is 15.3 Å². The van der Waals surface area contributed by atoms with E-state index >= 15 is 0 Å². The van der Waals surface area contributed by atoms with Gasteiger partial charge in [-0.05, 0) is 52.6 Å². The molecule has 1 aromatic rings. The standard InChI is InChI=1S/C15H28N2S/c1-7-15(4,5)16-11-12(2)17(6)13(3)14-9-8-10-18-14/h8-10,12-13,16H,7,11H2,1-6H3. The molecule has 0 saturated heterocycles. The first-order valence-corrected chi connectivity index (χ1v) is 7.75. The summed E-state index contributed by atoms with van der Waals surface area (Å²) in [6.07, 6.45) is 1.16. The van der Waals surface area contributed by atoms with Gasteiger partial charge in [-0.25, -0.2) is 0 Å². The molecular formula is C15H28N2S. The molecule has 2 unspecified atom stereocenters. The lowest BCUT2D eigenvalue weighted by Crippen LogP contribution is -2.46. The van der Waals surface area contributed by atoms with Crippen LogP contribution < -0.4 is 5.32 Å². The molecule has 2 atom stereocenters. The lowest BCUT2D eigenvalue weighted by atomic mass is 10.0. The maximum absolute atomic E-state index is 3.65. The van der Waals surface area contributed by atoms with E-state index in [4.69, 9.17) is 0 Å². The van der Waals surface area contributed by atoms with Gasteiger partial charge in [0.25, 0.3) is 0 Å². The Morgan fingerprint density at radius 2 is 2.06 bits per heavy atom. The number of thiophene rings is 1. The molecule has 0 aliphatic carbocycles. The molecule has 0 aromatic carbocycles. The Balaban J connectivity index is 2.49. The van der Waals surface area contributed by atoms with E-state index in [0.29, 0.717) is 12.1 Å². The zero-order valence-corrected chi connectivity index (χ0v) is 13.5. The predicted octanol–water partition coefficient (Wildman–Crippen LogP) is 3.91. The molecule has 18 heavy (non-hydrogen) atoms. The summed E-state index contributed by atoms with van der Waals surface area (Å²) >= 11 is 1.84. The zero-order chi connectivity index (χ0) is 13.8. The second-order valence-corrected chi connectivity index (χ2v) is 6.80. The summed E-state index contributed by atoms with van der Waals surface area (Å²) in [4.78, 5) is 3.89. The van der Waals surface area contributed by atoms with Crippen molar-refractivity contribution in [2.45, 2.75) is 58.7 Å². The van der Waals surface area contributed by atoms with E-state index in [1.807, 2.05) is 11.3 Å². The van der Waals surface area contributed by atoms with Crippen molar-refractivity contribution in [3.8, 4) is 0 Å². The smallest absolute Gasteiger partial charge is 0.0413 e. The average Bonchev–Trinajstić information content (AvgIpc) is 2.88. The number of hydrogen-bond donors (Lipinski definition) is 1. The SMILES string of the molecule is CCC(C)(C)NCC(C)N(C)C(C)c1cccs1. The highest BCUT2D eigenvalue weighted by Gasteiger charge is 2.20. The second kappa shape index (κ2) is 6.69. The van der Waals surface area contributed by atoms with Crippen molar-refractivity contribution in [1.29, 1.82) is 0 Å². The number of hydrogen-bond acceptors (Lipinski definition) is 3. The monoisotopic (exact) mass is 268 g/mol. The van der Waals surface area contributed by atoms with Crippen LogP contribution in [-0.4, -0.2) is 30.1 Å². The summed E-state index contributed by atoms with van der Waals surface area (Å²) in [7, 11) is 2.22. The number of rotatable bonds is 7. The van der Waals surface area contributed by atoms with Crippen molar-refractivity contribution in [3.05, 3.63) is 22.4 Å². The molecule has 3 heteroatoms. The van der Waals surface area contributed by atoms with Crippen LogP contribution in [0.3, 0.4) is 0 Å². The highest BCUT2D eigenvalue weighted by molar-refractivity contribution is 7.10. The van der Waals surface area contributed by atoms with Crippen LogP contribution in [0.1, 0.15) is 52.0 Å². The van der Waals surface area contributed by atoms with Gasteiger partial charge in [-0.2, -0.15) is 0 Å². The first-order chi connectivity index (χ1) is 8.37. The number of likely N-dealkylation sites (N-methyl/N-ethyl adjacent to an activating group) is 1. The van der Waals surface area contributed by atoms with Crippen LogP contribution in [0.4, 0.5) is 0 Å². The van der Waals surface area contributed by atoms with E-state index in [1.165, 1.54) is 4.88 Å². The van der Waals surface area contributed by atoms with Gasteiger partial charge < -0.3 is 5.32 Å². The molecule has 0 bridgehead atoms.